The summed E-state index contributed by atoms with van der Waals surface area (Å²) in [6, 6.07) is 8.56. The molecule has 3 nitrogen and oxygen atoms in total. The van der Waals surface area contributed by atoms with Crippen molar-refractivity contribution in [2.75, 3.05) is 6.54 Å². The van der Waals surface area contributed by atoms with Crippen LogP contribution in [-0.2, 0) is 4.79 Å². The molecule has 1 amide bonds. The van der Waals surface area contributed by atoms with Crippen molar-refractivity contribution in [2.45, 2.75) is 46.3 Å². The van der Waals surface area contributed by atoms with Crippen LogP contribution in [0.5, 0.6) is 0 Å². The molecule has 1 saturated heterocycles. The molecule has 1 fully saturated rings. The molecule has 3 unspecified atom stereocenters. The third kappa shape index (κ3) is 2.66. The van der Waals surface area contributed by atoms with Gasteiger partial charge in [0.25, 0.3) is 0 Å². The predicted molar refractivity (Wildman–Crippen MR) is 77.7 cm³/mol. The first-order valence-electron chi connectivity index (χ1n) is 7.16. The maximum atomic E-state index is 12.2. The van der Waals surface area contributed by atoms with Gasteiger partial charge in [-0.2, -0.15) is 0 Å². The number of aryl methyl sites for hydroxylation is 1. The zero-order valence-corrected chi connectivity index (χ0v) is 12.3. The fourth-order valence-electron chi connectivity index (χ4n) is 2.75. The van der Waals surface area contributed by atoms with Crippen LogP contribution < -0.4 is 5.32 Å². The van der Waals surface area contributed by atoms with Crippen LogP contribution in [0.3, 0.4) is 0 Å². The average molecular weight is 260 g/mol. The number of hydrogen-bond acceptors (Lipinski definition) is 2. The molecule has 1 aliphatic rings. The topological polar surface area (TPSA) is 32.3 Å². The molecule has 1 heterocycles. The normalized spacial score (nSPS) is 22.6. The van der Waals surface area contributed by atoms with E-state index in [1.54, 1.807) is 0 Å². The monoisotopic (exact) mass is 260 g/mol. The van der Waals surface area contributed by atoms with Gasteiger partial charge in [0.1, 0.15) is 6.17 Å². The lowest BCUT2D eigenvalue weighted by Crippen LogP contribution is -2.41. The number of carbonyl (C=O) groups excluding carboxylic acids is 1. The maximum absolute atomic E-state index is 12.2. The zero-order valence-electron chi connectivity index (χ0n) is 12.3. The van der Waals surface area contributed by atoms with Gasteiger partial charge in [-0.1, -0.05) is 44.5 Å². The Morgan fingerprint density at radius 2 is 2.05 bits per heavy atom. The quantitative estimate of drug-likeness (QED) is 0.903. The highest BCUT2D eigenvalue weighted by Crippen LogP contribution is 2.29. The first-order chi connectivity index (χ1) is 9.06. The third-order valence-electron chi connectivity index (χ3n) is 4.40. The van der Waals surface area contributed by atoms with Crippen molar-refractivity contribution in [3.63, 3.8) is 0 Å². The van der Waals surface area contributed by atoms with E-state index in [-0.39, 0.29) is 18.1 Å². The van der Waals surface area contributed by atoms with Crippen LogP contribution in [0.1, 0.15) is 44.5 Å². The van der Waals surface area contributed by atoms with Crippen LogP contribution in [0.4, 0.5) is 0 Å². The summed E-state index contributed by atoms with van der Waals surface area (Å²) in [5, 5.41) is 3.35. The summed E-state index contributed by atoms with van der Waals surface area (Å²) >= 11 is 0. The highest BCUT2D eigenvalue weighted by molar-refractivity contribution is 5.81. The van der Waals surface area contributed by atoms with Crippen molar-refractivity contribution < 1.29 is 4.79 Å². The molecule has 3 heteroatoms. The van der Waals surface area contributed by atoms with Crippen molar-refractivity contribution >= 4 is 5.91 Å². The van der Waals surface area contributed by atoms with Gasteiger partial charge in [-0.05, 0) is 30.9 Å². The van der Waals surface area contributed by atoms with E-state index in [1.165, 1.54) is 11.1 Å². The van der Waals surface area contributed by atoms with Gasteiger partial charge in [0, 0.05) is 6.04 Å². The largest absolute Gasteiger partial charge is 0.319 e. The number of benzene rings is 1. The summed E-state index contributed by atoms with van der Waals surface area (Å²) in [4.78, 5) is 14.2. The van der Waals surface area contributed by atoms with Gasteiger partial charge in [0.05, 0.1) is 6.54 Å². The van der Waals surface area contributed by atoms with E-state index in [2.05, 4.69) is 45.1 Å². The Labute approximate surface area is 116 Å². The fraction of sp³-hybridized carbons (Fsp3) is 0.562. The SMILES string of the molecule is CCC(C)C(C)N1C(=O)CNC1c1ccccc1C. The highest BCUT2D eigenvalue weighted by atomic mass is 16.2. The van der Waals surface area contributed by atoms with Crippen LogP contribution in [-0.4, -0.2) is 23.4 Å². The number of carbonyl (C=O) groups is 1. The molecular weight excluding hydrogens is 236 g/mol. The molecule has 0 aliphatic carbocycles. The molecular formula is C16H24N2O. The molecule has 1 aromatic carbocycles. The number of amides is 1. The van der Waals surface area contributed by atoms with Crippen LogP contribution >= 0.6 is 0 Å². The van der Waals surface area contributed by atoms with Crippen molar-refractivity contribution in [3.8, 4) is 0 Å². The van der Waals surface area contributed by atoms with Gasteiger partial charge in [0.2, 0.25) is 5.91 Å². The van der Waals surface area contributed by atoms with Gasteiger partial charge in [0.15, 0.2) is 0 Å². The highest BCUT2D eigenvalue weighted by Gasteiger charge is 2.36. The predicted octanol–water partition coefficient (Wildman–Crippen LogP) is 2.86. The van der Waals surface area contributed by atoms with Gasteiger partial charge in [-0.25, -0.2) is 0 Å². The van der Waals surface area contributed by atoms with E-state index < -0.39 is 0 Å². The van der Waals surface area contributed by atoms with Gasteiger partial charge in [-0.3, -0.25) is 10.1 Å². The summed E-state index contributed by atoms with van der Waals surface area (Å²) in [6.45, 7) is 9.10. The van der Waals surface area contributed by atoms with Crippen LogP contribution in [0.2, 0.25) is 0 Å². The molecule has 0 bridgehead atoms. The second-order valence-corrected chi connectivity index (χ2v) is 5.57. The number of nitrogens with zero attached hydrogens (tertiary/aromatic N) is 1. The van der Waals surface area contributed by atoms with Crippen molar-refractivity contribution in [1.82, 2.24) is 10.2 Å². The Kier molecular flexibility index (Phi) is 4.25. The third-order valence-corrected chi connectivity index (χ3v) is 4.40. The molecule has 0 spiro atoms. The summed E-state index contributed by atoms with van der Waals surface area (Å²) < 4.78 is 0. The smallest absolute Gasteiger partial charge is 0.238 e. The fourth-order valence-corrected chi connectivity index (χ4v) is 2.75. The van der Waals surface area contributed by atoms with Crippen LogP contribution in [0.15, 0.2) is 24.3 Å². The van der Waals surface area contributed by atoms with E-state index >= 15 is 0 Å². The average Bonchev–Trinajstić information content (AvgIpc) is 2.79. The zero-order chi connectivity index (χ0) is 14.0. The van der Waals surface area contributed by atoms with E-state index in [4.69, 9.17) is 0 Å². The molecule has 104 valence electrons. The van der Waals surface area contributed by atoms with Gasteiger partial charge in [-0.15, -0.1) is 0 Å². The summed E-state index contributed by atoms with van der Waals surface area (Å²) in [5.41, 5.74) is 2.44. The van der Waals surface area contributed by atoms with E-state index in [0.29, 0.717) is 12.5 Å². The van der Waals surface area contributed by atoms with Crippen molar-refractivity contribution in [2.24, 2.45) is 5.92 Å². The van der Waals surface area contributed by atoms with Gasteiger partial charge >= 0.3 is 0 Å². The lowest BCUT2D eigenvalue weighted by atomic mass is 9.97. The van der Waals surface area contributed by atoms with E-state index in [0.717, 1.165) is 6.42 Å². The van der Waals surface area contributed by atoms with E-state index in [1.807, 2.05) is 17.0 Å². The maximum Gasteiger partial charge on any atom is 0.238 e. The molecule has 0 aromatic heterocycles. The Bertz CT molecular complexity index is 458. The van der Waals surface area contributed by atoms with Crippen molar-refractivity contribution in [1.29, 1.82) is 0 Å². The Morgan fingerprint density at radius 3 is 2.68 bits per heavy atom. The second kappa shape index (κ2) is 5.74. The summed E-state index contributed by atoms with van der Waals surface area (Å²) in [6.07, 6.45) is 1.11. The second-order valence-electron chi connectivity index (χ2n) is 5.57. The molecule has 1 aliphatic heterocycles. The molecule has 0 radical (unpaired) electrons. The number of hydrogen-bond donors (Lipinski definition) is 1. The summed E-state index contributed by atoms with van der Waals surface area (Å²) in [5.74, 6) is 0.719. The van der Waals surface area contributed by atoms with Gasteiger partial charge < -0.3 is 4.90 Å². The Morgan fingerprint density at radius 1 is 1.37 bits per heavy atom. The minimum atomic E-state index is 0.0256. The van der Waals surface area contributed by atoms with Crippen LogP contribution in [0, 0.1) is 12.8 Å². The molecule has 19 heavy (non-hydrogen) atoms. The number of rotatable bonds is 4. The first-order valence-corrected chi connectivity index (χ1v) is 7.16. The molecule has 1 N–H and O–H groups in total. The standard InChI is InChI=1S/C16H24N2O/c1-5-11(2)13(4)18-15(19)10-17-16(18)14-9-7-6-8-12(14)3/h6-9,11,13,16-17H,5,10H2,1-4H3. The molecule has 1 aromatic rings. The molecule has 0 saturated carbocycles. The minimum Gasteiger partial charge on any atom is -0.319 e. The lowest BCUT2D eigenvalue weighted by Gasteiger charge is -2.34. The first kappa shape index (κ1) is 14.1. The number of nitrogens with one attached hydrogen (secondary N) is 1. The van der Waals surface area contributed by atoms with Crippen molar-refractivity contribution in [3.05, 3.63) is 35.4 Å². The lowest BCUT2D eigenvalue weighted by molar-refractivity contribution is -0.131. The Balaban J connectivity index is 2.30. The summed E-state index contributed by atoms with van der Waals surface area (Å²) in [7, 11) is 0. The molecule has 2 rings (SSSR count). The van der Waals surface area contributed by atoms with E-state index in [9.17, 15) is 4.79 Å². The minimum absolute atomic E-state index is 0.0256. The van der Waals surface area contributed by atoms with Crippen LogP contribution in [0.25, 0.3) is 0 Å². The molecule has 3 atom stereocenters. The Hall–Kier alpha value is -1.35.